The largest absolute Gasteiger partial charge is 0.344 e. The Bertz CT molecular complexity index is 943. The van der Waals surface area contributed by atoms with E-state index in [4.69, 9.17) is 0 Å². The van der Waals surface area contributed by atoms with Crippen LogP contribution >= 0.6 is 0 Å². The Hall–Kier alpha value is -2.46. The molecule has 1 aromatic carbocycles. The van der Waals surface area contributed by atoms with Crippen LogP contribution in [0.4, 0.5) is 0 Å². The van der Waals surface area contributed by atoms with E-state index in [1.54, 1.807) is 6.20 Å². The summed E-state index contributed by atoms with van der Waals surface area (Å²) >= 11 is 0. The lowest BCUT2D eigenvalue weighted by atomic mass is 10.0. The van der Waals surface area contributed by atoms with Crippen molar-refractivity contribution < 1.29 is 4.79 Å². The number of benzene rings is 1. The number of carbonyl (C=O) groups excluding carboxylic acids is 1. The van der Waals surface area contributed by atoms with Gasteiger partial charge < -0.3 is 9.47 Å². The van der Waals surface area contributed by atoms with Crippen LogP contribution in [0.5, 0.6) is 0 Å². The van der Waals surface area contributed by atoms with Crippen LogP contribution in [0.2, 0.25) is 0 Å². The zero-order valence-corrected chi connectivity index (χ0v) is 17.5. The van der Waals surface area contributed by atoms with Crippen LogP contribution < -0.4 is 0 Å². The molecular weight excluding hydrogens is 346 g/mol. The molecule has 148 valence electrons. The Kier molecular flexibility index (Phi) is 6.63. The van der Waals surface area contributed by atoms with Gasteiger partial charge in [0, 0.05) is 67.0 Å². The van der Waals surface area contributed by atoms with Crippen LogP contribution in [-0.2, 0) is 19.5 Å². The highest BCUT2D eigenvalue weighted by atomic mass is 16.1. The number of ketones is 1. The molecule has 0 spiro atoms. The van der Waals surface area contributed by atoms with E-state index in [1.165, 1.54) is 27.7 Å². The molecule has 0 bridgehead atoms. The van der Waals surface area contributed by atoms with E-state index in [9.17, 15) is 4.79 Å². The highest BCUT2D eigenvalue weighted by molar-refractivity contribution is 6.00. The monoisotopic (exact) mass is 377 g/mol. The highest BCUT2D eigenvalue weighted by Crippen LogP contribution is 2.31. The van der Waals surface area contributed by atoms with Crippen molar-refractivity contribution in [2.45, 2.75) is 53.1 Å². The standard InChI is InChI=1S/C18H24N2O.C6H7N/c1-4-6-18(21)13-7-8-16-14(11-13)15-12-19(3)10-9-17(15)20(16)5-2;1-6-3-2-4-7-5-6/h7-8,11H,4-6,9-10,12H2,1-3H3;2-5H,1H3. The molecule has 0 saturated carbocycles. The van der Waals surface area contributed by atoms with Gasteiger partial charge in [-0.1, -0.05) is 13.0 Å². The lowest BCUT2D eigenvalue weighted by Gasteiger charge is -2.24. The maximum absolute atomic E-state index is 12.2. The maximum atomic E-state index is 12.2. The number of hydrogen-bond acceptors (Lipinski definition) is 3. The third kappa shape index (κ3) is 4.33. The van der Waals surface area contributed by atoms with Crippen molar-refractivity contribution in [3.05, 3.63) is 65.1 Å². The number of likely N-dealkylation sites (N-methyl/N-ethyl adjacent to an activating group) is 1. The number of fused-ring (bicyclic) bond motifs is 3. The summed E-state index contributed by atoms with van der Waals surface area (Å²) in [5.41, 5.74) is 6.25. The normalized spacial score (nSPS) is 13.7. The van der Waals surface area contributed by atoms with Gasteiger partial charge in [0.1, 0.15) is 0 Å². The number of rotatable bonds is 4. The molecule has 0 fully saturated rings. The van der Waals surface area contributed by atoms with E-state index >= 15 is 0 Å². The van der Waals surface area contributed by atoms with Gasteiger partial charge in [0.25, 0.3) is 0 Å². The summed E-state index contributed by atoms with van der Waals surface area (Å²) < 4.78 is 2.42. The first kappa shape index (κ1) is 20.3. The van der Waals surface area contributed by atoms with Gasteiger partial charge in [-0.25, -0.2) is 0 Å². The molecular formula is C24H31N3O. The van der Waals surface area contributed by atoms with Crippen LogP contribution in [-0.4, -0.2) is 33.8 Å². The van der Waals surface area contributed by atoms with E-state index in [0.717, 1.165) is 38.0 Å². The molecule has 4 heteroatoms. The molecule has 0 saturated heterocycles. The van der Waals surface area contributed by atoms with Crippen molar-refractivity contribution in [3.63, 3.8) is 0 Å². The van der Waals surface area contributed by atoms with Gasteiger partial charge in [0.05, 0.1) is 0 Å². The molecule has 0 atom stereocenters. The third-order valence-electron chi connectivity index (χ3n) is 5.37. The number of hydrogen-bond donors (Lipinski definition) is 0. The first-order valence-corrected chi connectivity index (χ1v) is 10.3. The summed E-state index contributed by atoms with van der Waals surface area (Å²) in [5, 5.41) is 1.28. The second-order valence-electron chi connectivity index (χ2n) is 7.59. The van der Waals surface area contributed by atoms with E-state index in [1.807, 2.05) is 31.3 Å². The zero-order valence-electron chi connectivity index (χ0n) is 17.5. The number of aromatic nitrogens is 2. The van der Waals surface area contributed by atoms with Gasteiger partial charge >= 0.3 is 0 Å². The molecule has 1 aliphatic heterocycles. The fourth-order valence-electron chi connectivity index (χ4n) is 3.94. The second kappa shape index (κ2) is 9.16. The molecule has 0 amide bonds. The Balaban J connectivity index is 0.000000271. The molecule has 3 heterocycles. The summed E-state index contributed by atoms with van der Waals surface area (Å²) in [5.74, 6) is 0.265. The summed E-state index contributed by atoms with van der Waals surface area (Å²) in [6.45, 7) is 9.38. The predicted octanol–water partition coefficient (Wildman–Crippen LogP) is 5.02. The number of carbonyl (C=O) groups is 1. The Morgan fingerprint density at radius 2 is 2.04 bits per heavy atom. The fourth-order valence-corrected chi connectivity index (χ4v) is 3.94. The average molecular weight is 378 g/mol. The second-order valence-corrected chi connectivity index (χ2v) is 7.59. The Morgan fingerprint density at radius 3 is 2.64 bits per heavy atom. The molecule has 1 aliphatic rings. The van der Waals surface area contributed by atoms with Gasteiger partial charge in [0.2, 0.25) is 0 Å². The van der Waals surface area contributed by atoms with Crippen molar-refractivity contribution in [2.75, 3.05) is 13.6 Å². The minimum absolute atomic E-state index is 0.265. The molecule has 2 aromatic heterocycles. The van der Waals surface area contributed by atoms with Crippen LogP contribution in [0.25, 0.3) is 10.9 Å². The van der Waals surface area contributed by atoms with Crippen LogP contribution in [0.15, 0.2) is 42.7 Å². The van der Waals surface area contributed by atoms with Gasteiger partial charge in [-0.2, -0.15) is 0 Å². The van der Waals surface area contributed by atoms with Crippen LogP contribution in [0, 0.1) is 6.92 Å². The number of pyridine rings is 1. The number of nitrogens with zero attached hydrogens (tertiary/aromatic N) is 3. The highest BCUT2D eigenvalue weighted by Gasteiger charge is 2.22. The first-order valence-electron chi connectivity index (χ1n) is 10.3. The summed E-state index contributed by atoms with van der Waals surface area (Å²) in [6, 6.07) is 10.2. The minimum Gasteiger partial charge on any atom is -0.344 e. The topological polar surface area (TPSA) is 38.1 Å². The van der Waals surface area contributed by atoms with Gasteiger partial charge in [-0.3, -0.25) is 9.78 Å². The minimum atomic E-state index is 0.265. The van der Waals surface area contributed by atoms with Crippen LogP contribution in [0.3, 0.4) is 0 Å². The van der Waals surface area contributed by atoms with Crippen molar-refractivity contribution in [3.8, 4) is 0 Å². The maximum Gasteiger partial charge on any atom is 0.162 e. The molecule has 0 radical (unpaired) electrons. The smallest absolute Gasteiger partial charge is 0.162 e. The SMILES string of the molecule is CCCC(=O)c1ccc2c(c1)c1c(n2CC)CCN(C)C1.Cc1cccnc1. The molecule has 0 unspecified atom stereocenters. The van der Waals surface area contributed by atoms with E-state index in [2.05, 4.69) is 47.5 Å². The van der Waals surface area contributed by atoms with Crippen molar-refractivity contribution in [1.82, 2.24) is 14.5 Å². The lowest BCUT2D eigenvalue weighted by molar-refractivity contribution is 0.0982. The number of aryl methyl sites for hydroxylation is 2. The van der Waals surface area contributed by atoms with Crippen molar-refractivity contribution in [2.24, 2.45) is 0 Å². The average Bonchev–Trinajstić information content (AvgIpc) is 3.01. The molecule has 0 N–H and O–H groups in total. The van der Waals surface area contributed by atoms with Gasteiger partial charge in [0.15, 0.2) is 5.78 Å². The Morgan fingerprint density at radius 1 is 1.21 bits per heavy atom. The molecule has 0 aliphatic carbocycles. The van der Waals surface area contributed by atoms with Gasteiger partial charge in [-0.05, 0) is 62.7 Å². The summed E-state index contributed by atoms with van der Waals surface area (Å²) in [6.07, 6.45) is 6.26. The third-order valence-corrected chi connectivity index (χ3v) is 5.37. The van der Waals surface area contributed by atoms with Crippen LogP contribution in [0.1, 0.15) is 53.9 Å². The summed E-state index contributed by atoms with van der Waals surface area (Å²) in [4.78, 5) is 18.4. The Labute approximate surface area is 168 Å². The van der Waals surface area contributed by atoms with Gasteiger partial charge in [-0.15, -0.1) is 0 Å². The van der Waals surface area contributed by atoms with E-state index < -0.39 is 0 Å². The molecule has 3 aromatic rings. The van der Waals surface area contributed by atoms with Crippen molar-refractivity contribution in [1.29, 1.82) is 0 Å². The fraction of sp³-hybridized carbons (Fsp3) is 0.417. The molecule has 4 nitrogen and oxygen atoms in total. The predicted molar refractivity (Wildman–Crippen MR) is 116 cm³/mol. The van der Waals surface area contributed by atoms with Crippen molar-refractivity contribution >= 4 is 16.7 Å². The quantitative estimate of drug-likeness (QED) is 0.599. The molecule has 4 rings (SSSR count). The number of Topliss-reactive ketones (excluding diaryl/α,β-unsaturated/α-hetero) is 1. The zero-order chi connectivity index (χ0) is 20.1. The first-order chi connectivity index (χ1) is 13.5. The lowest BCUT2D eigenvalue weighted by Crippen LogP contribution is -2.27. The molecule has 28 heavy (non-hydrogen) atoms. The van der Waals surface area contributed by atoms with E-state index in [0.29, 0.717) is 6.42 Å². The summed E-state index contributed by atoms with van der Waals surface area (Å²) in [7, 11) is 2.17. The van der Waals surface area contributed by atoms with E-state index in [-0.39, 0.29) is 5.78 Å².